The van der Waals surface area contributed by atoms with Crippen LogP contribution in [-0.2, 0) is 24.0 Å². The Morgan fingerprint density at radius 2 is 1.33 bits per heavy atom. The van der Waals surface area contributed by atoms with Crippen molar-refractivity contribution in [3.05, 3.63) is 0 Å². The third-order valence-corrected chi connectivity index (χ3v) is 6.25. The van der Waals surface area contributed by atoms with Crippen LogP contribution in [0.2, 0.25) is 0 Å². The third kappa shape index (κ3) is 19.0. The average molecular weight is 558 g/mol. The van der Waals surface area contributed by atoms with Gasteiger partial charge in [0.1, 0.15) is 12.1 Å². The summed E-state index contributed by atoms with van der Waals surface area (Å²) in [5.74, 6) is -3.48. The second-order valence-corrected chi connectivity index (χ2v) is 10.6. The molecule has 0 aromatic heterocycles. The molecule has 9 N–H and O–H groups in total. The van der Waals surface area contributed by atoms with Gasteiger partial charge < -0.3 is 37.6 Å². The quantitative estimate of drug-likeness (QED) is 0.0883. The van der Waals surface area contributed by atoms with Gasteiger partial charge in [-0.15, -0.1) is 0 Å². The molecule has 0 aromatic carbocycles. The van der Waals surface area contributed by atoms with E-state index in [-0.39, 0.29) is 31.8 Å². The van der Waals surface area contributed by atoms with E-state index < -0.39 is 60.2 Å². The number of aliphatic hydroxyl groups excluding tert-OH is 2. The maximum atomic E-state index is 13.0. The lowest BCUT2D eigenvalue weighted by Gasteiger charge is -2.25. The SMILES string of the molecule is CCCCCCCCCC(O)CC(=O)NC(CC(N)=O)C(=O)NC(CCC(N)=O)C(=O)NC(CO)CC(C)C. The lowest BCUT2D eigenvalue weighted by atomic mass is 10.0. The minimum absolute atomic E-state index is 0.124. The first-order valence-electron chi connectivity index (χ1n) is 14.1. The van der Waals surface area contributed by atoms with Gasteiger partial charge in [-0.25, -0.2) is 0 Å². The number of rotatable bonds is 23. The van der Waals surface area contributed by atoms with Gasteiger partial charge >= 0.3 is 0 Å². The number of amides is 5. The number of hydrogen-bond acceptors (Lipinski definition) is 7. The van der Waals surface area contributed by atoms with Gasteiger partial charge in [-0.05, 0) is 25.2 Å². The minimum Gasteiger partial charge on any atom is -0.394 e. The summed E-state index contributed by atoms with van der Waals surface area (Å²) in [5, 5.41) is 27.3. The summed E-state index contributed by atoms with van der Waals surface area (Å²) < 4.78 is 0. The maximum absolute atomic E-state index is 13.0. The molecule has 0 saturated carbocycles. The predicted molar refractivity (Wildman–Crippen MR) is 148 cm³/mol. The zero-order valence-electron chi connectivity index (χ0n) is 23.9. The highest BCUT2D eigenvalue weighted by molar-refractivity contribution is 5.95. The van der Waals surface area contributed by atoms with Crippen LogP contribution < -0.4 is 27.4 Å². The number of unbranched alkanes of at least 4 members (excludes halogenated alkanes) is 6. The highest BCUT2D eigenvalue weighted by Crippen LogP contribution is 2.11. The van der Waals surface area contributed by atoms with Gasteiger partial charge in [0, 0.05) is 6.42 Å². The molecule has 4 atom stereocenters. The van der Waals surface area contributed by atoms with Crippen molar-refractivity contribution in [2.24, 2.45) is 17.4 Å². The van der Waals surface area contributed by atoms with Crippen molar-refractivity contribution in [2.45, 2.75) is 128 Å². The average Bonchev–Trinajstić information content (AvgIpc) is 2.84. The highest BCUT2D eigenvalue weighted by atomic mass is 16.3. The summed E-state index contributed by atoms with van der Waals surface area (Å²) in [6.45, 7) is 5.68. The molecule has 0 bridgehead atoms. The van der Waals surface area contributed by atoms with Gasteiger partial charge in [0.05, 0.1) is 31.6 Å². The van der Waals surface area contributed by atoms with E-state index in [2.05, 4.69) is 22.9 Å². The Balaban J connectivity index is 5.10. The van der Waals surface area contributed by atoms with Gasteiger partial charge in [0.25, 0.3) is 0 Å². The van der Waals surface area contributed by atoms with Crippen molar-refractivity contribution in [3.63, 3.8) is 0 Å². The van der Waals surface area contributed by atoms with E-state index in [0.29, 0.717) is 12.8 Å². The zero-order chi connectivity index (χ0) is 29.8. The molecule has 12 heteroatoms. The fourth-order valence-electron chi connectivity index (χ4n) is 4.19. The summed E-state index contributed by atoms with van der Waals surface area (Å²) in [7, 11) is 0. The van der Waals surface area contributed by atoms with E-state index in [1.807, 2.05) is 13.8 Å². The smallest absolute Gasteiger partial charge is 0.243 e. The number of primary amides is 2. The fraction of sp³-hybridized carbons (Fsp3) is 0.815. The first kappa shape index (κ1) is 36.3. The molecular formula is C27H51N5O7. The molecule has 4 unspecified atom stereocenters. The second kappa shape index (κ2) is 21.1. The maximum Gasteiger partial charge on any atom is 0.243 e. The number of nitrogens with two attached hydrogens (primary N) is 2. The molecule has 12 nitrogen and oxygen atoms in total. The molecule has 39 heavy (non-hydrogen) atoms. The van der Waals surface area contributed by atoms with Crippen LogP contribution in [0.25, 0.3) is 0 Å². The molecule has 0 aliphatic carbocycles. The number of carbonyl (C=O) groups excluding carboxylic acids is 5. The summed E-state index contributed by atoms with van der Waals surface area (Å²) in [6, 6.07) is -3.15. The number of nitrogens with one attached hydrogen (secondary N) is 3. The first-order valence-corrected chi connectivity index (χ1v) is 14.1. The lowest BCUT2D eigenvalue weighted by molar-refractivity contribution is -0.134. The Kier molecular flexibility index (Phi) is 19.7. The van der Waals surface area contributed by atoms with Crippen molar-refractivity contribution in [3.8, 4) is 0 Å². The third-order valence-electron chi connectivity index (χ3n) is 6.25. The lowest BCUT2D eigenvalue weighted by Crippen LogP contribution is -2.56. The number of aliphatic hydroxyl groups is 2. The van der Waals surface area contributed by atoms with Gasteiger partial charge in [0.15, 0.2) is 0 Å². The van der Waals surface area contributed by atoms with E-state index in [9.17, 15) is 34.2 Å². The van der Waals surface area contributed by atoms with Crippen molar-refractivity contribution in [2.75, 3.05) is 6.61 Å². The summed E-state index contributed by atoms with van der Waals surface area (Å²) >= 11 is 0. The molecule has 0 rings (SSSR count). The largest absolute Gasteiger partial charge is 0.394 e. The molecule has 0 saturated heterocycles. The van der Waals surface area contributed by atoms with Crippen LogP contribution in [0.1, 0.15) is 104 Å². The van der Waals surface area contributed by atoms with E-state index in [0.717, 1.165) is 25.7 Å². The van der Waals surface area contributed by atoms with Crippen molar-refractivity contribution in [1.29, 1.82) is 0 Å². The van der Waals surface area contributed by atoms with E-state index >= 15 is 0 Å². The molecule has 0 aliphatic rings. The Bertz CT molecular complexity index is 763. The van der Waals surface area contributed by atoms with Crippen LogP contribution in [0.5, 0.6) is 0 Å². The van der Waals surface area contributed by atoms with E-state index in [1.165, 1.54) is 19.3 Å². The molecule has 5 amide bonds. The van der Waals surface area contributed by atoms with Crippen LogP contribution >= 0.6 is 0 Å². The van der Waals surface area contributed by atoms with Crippen LogP contribution in [0.15, 0.2) is 0 Å². The van der Waals surface area contributed by atoms with Gasteiger partial charge in [0.2, 0.25) is 29.5 Å². The normalized spacial score (nSPS) is 14.2. The van der Waals surface area contributed by atoms with Crippen LogP contribution in [0, 0.1) is 5.92 Å². The predicted octanol–water partition coefficient (Wildman–Crippen LogP) is 0.512. The molecule has 226 valence electrons. The fourth-order valence-corrected chi connectivity index (χ4v) is 4.19. The summed E-state index contributed by atoms with van der Waals surface area (Å²) in [6.07, 6.45) is 6.43. The Hall–Kier alpha value is -2.73. The van der Waals surface area contributed by atoms with Crippen LogP contribution in [0.4, 0.5) is 0 Å². The van der Waals surface area contributed by atoms with Crippen molar-refractivity contribution < 1.29 is 34.2 Å². The van der Waals surface area contributed by atoms with Crippen LogP contribution in [0.3, 0.4) is 0 Å². The van der Waals surface area contributed by atoms with Crippen LogP contribution in [-0.4, -0.2) is 70.6 Å². The van der Waals surface area contributed by atoms with Crippen molar-refractivity contribution >= 4 is 29.5 Å². The number of hydrogen-bond donors (Lipinski definition) is 7. The molecule has 0 spiro atoms. The van der Waals surface area contributed by atoms with E-state index in [1.54, 1.807) is 0 Å². The molecule has 0 heterocycles. The van der Waals surface area contributed by atoms with Gasteiger partial charge in [-0.3, -0.25) is 24.0 Å². The monoisotopic (exact) mass is 557 g/mol. The highest BCUT2D eigenvalue weighted by Gasteiger charge is 2.29. The second-order valence-electron chi connectivity index (χ2n) is 10.6. The minimum atomic E-state index is -1.38. The van der Waals surface area contributed by atoms with E-state index in [4.69, 9.17) is 11.5 Å². The topological polar surface area (TPSA) is 214 Å². The van der Waals surface area contributed by atoms with Crippen molar-refractivity contribution in [1.82, 2.24) is 16.0 Å². The molecule has 0 aliphatic heterocycles. The molecular weight excluding hydrogens is 506 g/mol. The Morgan fingerprint density at radius 1 is 0.744 bits per heavy atom. The number of carbonyl (C=O) groups is 5. The molecule has 0 fully saturated rings. The summed E-state index contributed by atoms with van der Waals surface area (Å²) in [5.41, 5.74) is 10.5. The molecule has 0 radical (unpaired) electrons. The molecule has 0 aromatic rings. The van der Waals surface area contributed by atoms with Gasteiger partial charge in [-0.2, -0.15) is 0 Å². The summed E-state index contributed by atoms with van der Waals surface area (Å²) in [4.78, 5) is 61.2. The zero-order valence-corrected chi connectivity index (χ0v) is 23.9. The first-order chi connectivity index (χ1) is 18.4. The Labute approximate surface area is 232 Å². The standard InChI is InChI=1S/C27H51N5O7/c1-4-5-6-7-8-9-10-11-20(34)15-25(37)31-22(16-24(29)36)27(39)32-21(12-13-23(28)35)26(38)30-19(17-33)14-18(2)3/h18-22,33-34H,4-17H2,1-3H3,(H2,28,35)(H2,29,36)(H,30,38)(H,31,37)(H,32,39). The Morgan fingerprint density at radius 3 is 1.87 bits per heavy atom. The van der Waals surface area contributed by atoms with Gasteiger partial charge in [-0.1, -0.05) is 65.7 Å².